The summed E-state index contributed by atoms with van der Waals surface area (Å²) in [7, 11) is -1.60. The molecule has 17 nitrogen and oxygen atoms in total. The second-order valence-corrected chi connectivity index (χ2v) is 8.21. The van der Waals surface area contributed by atoms with Crippen molar-refractivity contribution >= 4 is 36.8 Å². The Morgan fingerprint density at radius 2 is 1.97 bits per heavy atom. The number of fused-ring (bicyclic) bond motifs is 1. The third-order valence-electron chi connectivity index (χ3n) is 4.38. The van der Waals surface area contributed by atoms with Crippen molar-refractivity contribution in [3.05, 3.63) is 16.7 Å². The van der Waals surface area contributed by atoms with Gasteiger partial charge in [-0.15, -0.1) is 0 Å². The summed E-state index contributed by atoms with van der Waals surface area (Å²) in [6.45, 7) is -0.318. The van der Waals surface area contributed by atoms with Gasteiger partial charge in [-0.3, -0.25) is 33.8 Å². The predicted molar refractivity (Wildman–Crippen MR) is 114 cm³/mol. The van der Waals surface area contributed by atoms with Crippen LogP contribution in [0.3, 0.4) is 0 Å². The molecule has 1 aliphatic heterocycles. The van der Waals surface area contributed by atoms with Gasteiger partial charge in [-0.2, -0.15) is 4.98 Å². The third kappa shape index (κ3) is 7.84. The van der Waals surface area contributed by atoms with E-state index in [9.17, 15) is 24.1 Å². The minimum absolute atomic E-state index is 0.0194. The molecular formula is C16H26N7O10P. The summed E-state index contributed by atoms with van der Waals surface area (Å²) in [4.78, 5) is 51.8. The van der Waals surface area contributed by atoms with Gasteiger partial charge in [-0.05, 0) is 0 Å². The number of carbonyl (C=O) groups excluding carboxylic acids is 2. The lowest BCUT2D eigenvalue weighted by Gasteiger charge is -2.16. The van der Waals surface area contributed by atoms with Gasteiger partial charge in [-0.1, -0.05) is 0 Å². The maximum Gasteiger partial charge on any atom is 0.400 e. The number of nitrogens with two attached hydrogens (primary N) is 2. The molecule has 1 fully saturated rings. The minimum atomic E-state index is -4.16. The molecule has 3 rings (SSSR count). The number of nitrogens with one attached hydrogen (secondary N) is 2. The van der Waals surface area contributed by atoms with E-state index in [4.69, 9.17) is 20.9 Å². The van der Waals surface area contributed by atoms with Crippen molar-refractivity contribution in [1.29, 1.82) is 0 Å². The number of nitrogens with zero attached hydrogens (tertiary/aromatic N) is 3. The summed E-state index contributed by atoms with van der Waals surface area (Å²) >= 11 is 0. The van der Waals surface area contributed by atoms with Gasteiger partial charge in [0, 0.05) is 6.42 Å². The van der Waals surface area contributed by atoms with Crippen LogP contribution in [0.4, 0.5) is 5.95 Å². The van der Waals surface area contributed by atoms with Gasteiger partial charge in [0.05, 0.1) is 46.3 Å². The van der Waals surface area contributed by atoms with Crippen LogP contribution in [0, 0.1) is 0 Å². The molecule has 34 heavy (non-hydrogen) atoms. The third-order valence-corrected chi connectivity index (χ3v) is 4.90. The van der Waals surface area contributed by atoms with Crippen LogP contribution in [0.1, 0.15) is 12.6 Å². The topological polar surface area (TPSA) is 256 Å². The summed E-state index contributed by atoms with van der Waals surface area (Å²) in [5, 5.41) is 12.5. The summed E-state index contributed by atoms with van der Waals surface area (Å²) < 4.78 is 31.1. The number of methoxy groups -OCH3 is 2. The quantitative estimate of drug-likeness (QED) is 0.157. The highest BCUT2D eigenvalue weighted by Crippen LogP contribution is 2.35. The van der Waals surface area contributed by atoms with E-state index >= 15 is 0 Å². The van der Waals surface area contributed by atoms with E-state index in [2.05, 4.69) is 34.3 Å². The zero-order valence-electron chi connectivity index (χ0n) is 18.2. The number of carbonyl (C=O) groups is 2. The lowest BCUT2D eigenvalue weighted by atomic mass is 10.2. The number of H-pyrrole nitrogens is 1. The van der Waals surface area contributed by atoms with E-state index in [0.717, 1.165) is 0 Å². The Kier molecular flexibility index (Phi) is 9.63. The van der Waals surface area contributed by atoms with E-state index < -0.39 is 43.7 Å². The number of aliphatic hydroxyl groups excluding tert-OH is 1. The SMILES string of the molecule is COC(=O)CNCC(=O)OC.Nc1nc2c(ncn2[C@H]2C[C@H](O)[C@@H](COP(N)(=O)O)O2)c(=O)[nH]1. The maximum atomic E-state index is 11.7. The first kappa shape index (κ1) is 27.3. The zero-order chi connectivity index (χ0) is 25.5. The second-order valence-electron chi connectivity index (χ2n) is 6.82. The molecule has 1 unspecified atom stereocenters. The number of anilines is 1. The highest BCUT2D eigenvalue weighted by Gasteiger charge is 2.37. The van der Waals surface area contributed by atoms with E-state index in [0.29, 0.717) is 0 Å². The molecule has 8 N–H and O–H groups in total. The van der Waals surface area contributed by atoms with Crippen molar-refractivity contribution in [2.24, 2.45) is 5.50 Å². The van der Waals surface area contributed by atoms with Crippen LogP contribution in [-0.4, -0.2) is 87.6 Å². The first-order valence-electron chi connectivity index (χ1n) is 9.61. The number of hydrogen-bond donors (Lipinski definition) is 6. The van der Waals surface area contributed by atoms with Crippen LogP contribution >= 0.6 is 7.75 Å². The van der Waals surface area contributed by atoms with Crippen molar-refractivity contribution < 1.29 is 42.9 Å². The fourth-order valence-electron chi connectivity index (χ4n) is 2.78. The van der Waals surface area contributed by atoms with Crippen LogP contribution in [0.5, 0.6) is 0 Å². The Bertz CT molecular complexity index is 1080. The Labute approximate surface area is 191 Å². The molecule has 0 aromatic carbocycles. The number of hydrogen-bond acceptors (Lipinski definition) is 13. The molecule has 0 saturated carbocycles. The van der Waals surface area contributed by atoms with Gasteiger partial charge >= 0.3 is 19.7 Å². The molecule has 1 aliphatic rings. The summed E-state index contributed by atoms with van der Waals surface area (Å²) in [5.74, 6) is -0.894. The van der Waals surface area contributed by atoms with E-state index in [1.165, 1.54) is 25.1 Å². The Morgan fingerprint density at radius 1 is 1.35 bits per heavy atom. The van der Waals surface area contributed by atoms with Gasteiger partial charge in [-0.25, -0.2) is 15.1 Å². The van der Waals surface area contributed by atoms with Gasteiger partial charge in [0.25, 0.3) is 5.56 Å². The molecule has 18 heteroatoms. The smallest absolute Gasteiger partial charge is 0.400 e. The molecule has 2 aromatic heterocycles. The van der Waals surface area contributed by atoms with E-state index in [-0.39, 0.29) is 43.2 Å². The number of ether oxygens (including phenoxy) is 3. The molecule has 0 bridgehead atoms. The number of aromatic amines is 1. The number of rotatable bonds is 8. The molecular weight excluding hydrogens is 481 g/mol. The maximum absolute atomic E-state index is 11.7. The second kappa shape index (κ2) is 12.0. The van der Waals surface area contributed by atoms with Gasteiger partial charge < -0.3 is 29.9 Å². The summed E-state index contributed by atoms with van der Waals surface area (Å²) in [6.07, 6.45) is -1.02. The minimum Gasteiger partial charge on any atom is -0.468 e. The number of aromatic nitrogens is 4. The number of aliphatic hydroxyl groups is 1. The average Bonchev–Trinajstić information content (AvgIpc) is 3.35. The molecule has 2 aromatic rings. The predicted octanol–water partition coefficient (Wildman–Crippen LogP) is -2.65. The molecule has 0 spiro atoms. The van der Waals surface area contributed by atoms with Crippen LogP contribution < -0.4 is 22.1 Å². The Hall–Kier alpha value is -2.92. The molecule has 0 aliphatic carbocycles. The normalized spacial score (nSPS) is 21.4. The van der Waals surface area contributed by atoms with Crippen LogP contribution in [0.15, 0.2) is 11.1 Å². The van der Waals surface area contributed by atoms with Crippen molar-refractivity contribution in [3.8, 4) is 0 Å². The standard InChI is InChI=1S/C10H15N6O6P.C6H11NO4/c11-10-14-8-7(9(18)15-10)13-3-16(8)6-1-4(17)5(22-6)2-21-23(12,19)20;1-10-5(8)3-7-4-6(9)11-2/h3-6,17H,1-2H2,(H3,12,19,20)(H3,11,14,15,18);7H,3-4H2,1-2H3/t4-,5+,6+;/m0./s1. The Balaban J connectivity index is 0.000000316. The van der Waals surface area contributed by atoms with Crippen molar-refractivity contribution in [2.45, 2.75) is 24.9 Å². The lowest BCUT2D eigenvalue weighted by molar-refractivity contribution is -0.141. The molecule has 0 amide bonds. The van der Waals surface area contributed by atoms with Gasteiger partial charge in [0.15, 0.2) is 11.2 Å². The molecule has 3 heterocycles. The summed E-state index contributed by atoms with van der Waals surface area (Å²) in [6, 6.07) is 0. The number of nitrogen functional groups attached to an aromatic ring is 1. The monoisotopic (exact) mass is 507 g/mol. The molecule has 1 saturated heterocycles. The Morgan fingerprint density at radius 3 is 2.53 bits per heavy atom. The first-order chi connectivity index (χ1) is 15.9. The van der Waals surface area contributed by atoms with Crippen molar-refractivity contribution in [1.82, 2.24) is 24.8 Å². The van der Waals surface area contributed by atoms with Crippen LogP contribution in [0.2, 0.25) is 0 Å². The fourth-order valence-corrected chi connectivity index (χ4v) is 3.14. The van der Waals surface area contributed by atoms with Crippen LogP contribution in [-0.2, 0) is 32.9 Å². The number of imidazole rings is 1. The summed E-state index contributed by atoms with van der Waals surface area (Å²) in [5.41, 5.74) is 10.2. The van der Waals surface area contributed by atoms with Crippen LogP contribution in [0.25, 0.3) is 11.2 Å². The van der Waals surface area contributed by atoms with Gasteiger partial charge in [0.2, 0.25) is 5.95 Å². The molecule has 4 atom stereocenters. The first-order valence-corrected chi connectivity index (χ1v) is 11.3. The average molecular weight is 507 g/mol. The molecule has 190 valence electrons. The zero-order valence-corrected chi connectivity index (χ0v) is 19.1. The van der Waals surface area contributed by atoms with Gasteiger partial charge in [0.1, 0.15) is 12.3 Å². The van der Waals surface area contributed by atoms with Crippen molar-refractivity contribution in [2.75, 3.05) is 39.6 Å². The fraction of sp³-hybridized carbons (Fsp3) is 0.562. The van der Waals surface area contributed by atoms with Crippen molar-refractivity contribution in [3.63, 3.8) is 0 Å². The number of esters is 2. The highest BCUT2D eigenvalue weighted by atomic mass is 31.2. The highest BCUT2D eigenvalue weighted by molar-refractivity contribution is 7.50. The lowest BCUT2D eigenvalue weighted by Crippen LogP contribution is -2.29. The van der Waals surface area contributed by atoms with E-state index in [1.54, 1.807) is 0 Å². The largest absolute Gasteiger partial charge is 0.468 e. The molecule has 0 radical (unpaired) electrons. The van der Waals surface area contributed by atoms with E-state index in [1.807, 2.05) is 0 Å².